The van der Waals surface area contributed by atoms with E-state index in [2.05, 4.69) is 19.1 Å². The Kier molecular flexibility index (Phi) is 2.17. The van der Waals surface area contributed by atoms with E-state index in [0.29, 0.717) is 30.0 Å². The van der Waals surface area contributed by atoms with Crippen molar-refractivity contribution in [2.24, 2.45) is 53.3 Å². The molecule has 3 saturated carbocycles. The van der Waals surface area contributed by atoms with Gasteiger partial charge in [0, 0.05) is 12.8 Å². The molecule has 12 atom stereocenters. The lowest BCUT2D eigenvalue weighted by atomic mass is 9.59. The Morgan fingerprint density at radius 2 is 1.64 bits per heavy atom. The second-order valence-corrected chi connectivity index (χ2v) is 8.82. The van der Waals surface area contributed by atoms with Gasteiger partial charge in [0.05, 0.1) is 12.2 Å². The Bertz CT molecular complexity index is 583. The lowest BCUT2D eigenvalue weighted by molar-refractivity contribution is -0.155. The molecule has 6 bridgehead atoms. The zero-order valence-corrected chi connectivity index (χ0v) is 13.2. The number of carbonyl (C=O) groups is 1. The molecule has 0 aromatic carbocycles. The first-order valence-electron chi connectivity index (χ1n) is 9.16. The molecule has 0 spiro atoms. The molecule has 0 N–H and O–H groups in total. The van der Waals surface area contributed by atoms with Crippen LogP contribution in [0.15, 0.2) is 12.2 Å². The van der Waals surface area contributed by atoms with Crippen LogP contribution in [0.1, 0.15) is 26.7 Å². The highest BCUT2D eigenvalue weighted by molar-refractivity contribution is 5.66. The molecular formula is C19H24O3. The molecule has 12 unspecified atom stereocenters. The monoisotopic (exact) mass is 300 g/mol. The summed E-state index contributed by atoms with van der Waals surface area (Å²) in [6, 6.07) is 0. The van der Waals surface area contributed by atoms with E-state index >= 15 is 0 Å². The van der Waals surface area contributed by atoms with Gasteiger partial charge in [0.15, 0.2) is 0 Å². The Hall–Kier alpha value is -0.830. The highest BCUT2D eigenvalue weighted by Gasteiger charge is 2.74. The standard InChI is InChI=1S/C19H24O3/c1-7-11-6-12(17(7)21-8(2)20)16-15(11)18-13-9-3-4-10(5-9)14(13)19(16)22-18/h3-4,7,9-19H,5-6H2,1-2H3. The maximum Gasteiger partial charge on any atom is 0.302 e. The van der Waals surface area contributed by atoms with Gasteiger partial charge in [-0.2, -0.15) is 0 Å². The highest BCUT2D eigenvalue weighted by Crippen LogP contribution is 2.71. The molecule has 0 amide bonds. The van der Waals surface area contributed by atoms with E-state index in [1.54, 1.807) is 6.92 Å². The first kappa shape index (κ1) is 12.6. The van der Waals surface area contributed by atoms with Crippen molar-refractivity contribution in [3.05, 3.63) is 12.2 Å². The van der Waals surface area contributed by atoms with Crippen LogP contribution in [0, 0.1) is 53.3 Å². The lowest BCUT2D eigenvalue weighted by Gasteiger charge is -2.44. The third-order valence-electron chi connectivity index (χ3n) is 8.31. The average molecular weight is 300 g/mol. The van der Waals surface area contributed by atoms with Crippen molar-refractivity contribution in [2.45, 2.75) is 45.0 Å². The quantitative estimate of drug-likeness (QED) is 0.552. The van der Waals surface area contributed by atoms with Gasteiger partial charge in [0.2, 0.25) is 0 Å². The number of carbonyl (C=O) groups excluding carboxylic acids is 1. The molecule has 0 aromatic heterocycles. The molecule has 118 valence electrons. The normalized spacial score (nSPS) is 65.2. The third kappa shape index (κ3) is 1.22. The molecule has 6 rings (SSSR count). The molecule has 3 nitrogen and oxygen atoms in total. The largest absolute Gasteiger partial charge is 0.462 e. The highest BCUT2D eigenvalue weighted by atomic mass is 16.5. The summed E-state index contributed by atoms with van der Waals surface area (Å²) < 4.78 is 12.3. The van der Waals surface area contributed by atoms with Crippen LogP contribution in [0.3, 0.4) is 0 Å². The first-order valence-corrected chi connectivity index (χ1v) is 9.16. The Morgan fingerprint density at radius 1 is 1.00 bits per heavy atom. The minimum atomic E-state index is -0.106. The van der Waals surface area contributed by atoms with Crippen molar-refractivity contribution >= 4 is 5.97 Å². The minimum absolute atomic E-state index is 0.106. The van der Waals surface area contributed by atoms with Crippen LogP contribution >= 0.6 is 0 Å². The molecule has 5 fully saturated rings. The van der Waals surface area contributed by atoms with Crippen LogP contribution in [-0.2, 0) is 14.3 Å². The number of rotatable bonds is 1. The number of esters is 1. The summed E-state index contributed by atoms with van der Waals surface area (Å²) >= 11 is 0. The van der Waals surface area contributed by atoms with Crippen molar-refractivity contribution in [1.29, 1.82) is 0 Å². The Morgan fingerprint density at radius 3 is 2.27 bits per heavy atom. The molecule has 0 aromatic rings. The predicted molar refractivity (Wildman–Crippen MR) is 79.7 cm³/mol. The zero-order valence-electron chi connectivity index (χ0n) is 13.2. The summed E-state index contributed by atoms with van der Waals surface area (Å²) in [6.07, 6.45) is 8.71. The summed E-state index contributed by atoms with van der Waals surface area (Å²) in [5.41, 5.74) is 0. The minimum Gasteiger partial charge on any atom is -0.462 e. The fraction of sp³-hybridized carbons (Fsp3) is 0.842. The van der Waals surface area contributed by atoms with E-state index in [4.69, 9.17) is 9.47 Å². The summed E-state index contributed by atoms with van der Waals surface area (Å²) in [7, 11) is 0. The van der Waals surface area contributed by atoms with E-state index in [-0.39, 0.29) is 12.1 Å². The van der Waals surface area contributed by atoms with Crippen LogP contribution in [-0.4, -0.2) is 24.3 Å². The second kappa shape index (κ2) is 3.80. The predicted octanol–water partition coefficient (Wildman–Crippen LogP) is 2.66. The first-order chi connectivity index (χ1) is 10.6. The van der Waals surface area contributed by atoms with Gasteiger partial charge in [-0.3, -0.25) is 4.79 Å². The summed E-state index contributed by atoms with van der Waals surface area (Å²) in [6.45, 7) is 3.86. The molecule has 6 aliphatic rings. The second-order valence-electron chi connectivity index (χ2n) is 8.82. The van der Waals surface area contributed by atoms with Gasteiger partial charge in [-0.1, -0.05) is 19.1 Å². The van der Waals surface area contributed by atoms with Crippen molar-refractivity contribution in [1.82, 2.24) is 0 Å². The van der Waals surface area contributed by atoms with Gasteiger partial charge in [-0.05, 0) is 60.2 Å². The van der Waals surface area contributed by atoms with Crippen molar-refractivity contribution in [3.8, 4) is 0 Å². The van der Waals surface area contributed by atoms with Crippen molar-refractivity contribution < 1.29 is 14.3 Å². The van der Waals surface area contributed by atoms with Crippen LogP contribution < -0.4 is 0 Å². The van der Waals surface area contributed by atoms with Crippen LogP contribution in [0.2, 0.25) is 0 Å². The summed E-state index contributed by atoms with van der Waals surface area (Å²) in [4.78, 5) is 11.5. The number of fused-ring (bicyclic) bond motifs is 16. The lowest BCUT2D eigenvalue weighted by Crippen LogP contribution is -2.49. The zero-order chi connectivity index (χ0) is 14.7. The van der Waals surface area contributed by atoms with Gasteiger partial charge in [0.1, 0.15) is 6.10 Å². The van der Waals surface area contributed by atoms with Gasteiger partial charge in [0.25, 0.3) is 0 Å². The third-order valence-corrected chi connectivity index (χ3v) is 8.31. The Labute approximate surface area is 131 Å². The van der Waals surface area contributed by atoms with Crippen molar-refractivity contribution in [3.63, 3.8) is 0 Å². The van der Waals surface area contributed by atoms with Crippen LogP contribution in [0.25, 0.3) is 0 Å². The summed E-state index contributed by atoms with van der Waals surface area (Å²) in [5, 5.41) is 0. The van der Waals surface area contributed by atoms with E-state index < -0.39 is 0 Å². The Balaban J connectivity index is 1.37. The average Bonchev–Trinajstić information content (AvgIpc) is 3.26. The van der Waals surface area contributed by atoms with Crippen LogP contribution in [0.4, 0.5) is 0 Å². The number of allylic oxidation sites excluding steroid dienone is 2. The van der Waals surface area contributed by atoms with E-state index in [9.17, 15) is 4.79 Å². The van der Waals surface area contributed by atoms with Gasteiger partial charge >= 0.3 is 5.97 Å². The number of hydrogen-bond donors (Lipinski definition) is 0. The van der Waals surface area contributed by atoms with Crippen molar-refractivity contribution in [2.75, 3.05) is 0 Å². The molecule has 2 aliphatic heterocycles. The molecule has 4 aliphatic carbocycles. The maximum atomic E-state index is 11.5. The van der Waals surface area contributed by atoms with Gasteiger partial charge in [-0.25, -0.2) is 0 Å². The smallest absolute Gasteiger partial charge is 0.302 e. The molecule has 22 heavy (non-hydrogen) atoms. The van der Waals surface area contributed by atoms with Gasteiger partial charge < -0.3 is 9.47 Å². The topological polar surface area (TPSA) is 35.5 Å². The van der Waals surface area contributed by atoms with E-state index in [0.717, 1.165) is 35.5 Å². The molecular weight excluding hydrogens is 276 g/mol. The molecule has 2 saturated heterocycles. The molecule has 2 heterocycles. The summed E-state index contributed by atoms with van der Waals surface area (Å²) in [5.74, 6) is 6.27. The van der Waals surface area contributed by atoms with E-state index in [1.807, 2.05) is 0 Å². The van der Waals surface area contributed by atoms with E-state index in [1.165, 1.54) is 12.8 Å². The fourth-order valence-electron chi connectivity index (χ4n) is 7.94. The van der Waals surface area contributed by atoms with Gasteiger partial charge in [-0.15, -0.1) is 0 Å². The SMILES string of the molecule is CC(=O)OC1C(C)C2CC1C1C3OC(C4C5C=CC(C5)C34)C21. The van der Waals surface area contributed by atoms with Crippen LogP contribution in [0.5, 0.6) is 0 Å². The number of hydrogen-bond acceptors (Lipinski definition) is 3. The fourth-order valence-corrected chi connectivity index (χ4v) is 7.94. The maximum absolute atomic E-state index is 11.5. The number of ether oxygens (including phenoxy) is 2. The molecule has 0 radical (unpaired) electrons. The molecule has 3 heteroatoms.